The molecule has 2 unspecified atom stereocenters. The van der Waals surface area contributed by atoms with Crippen LogP contribution in [0, 0.1) is 0 Å². The Bertz CT molecular complexity index is 524. The maximum Gasteiger partial charge on any atom is 0.0456 e. The van der Waals surface area contributed by atoms with Crippen LogP contribution in [0.1, 0.15) is 37.3 Å². The van der Waals surface area contributed by atoms with Crippen molar-refractivity contribution in [2.24, 2.45) is 0 Å². The van der Waals surface area contributed by atoms with Crippen LogP contribution in [0.5, 0.6) is 0 Å². The van der Waals surface area contributed by atoms with Crippen molar-refractivity contribution >= 4 is 10.9 Å². The third-order valence-corrected chi connectivity index (χ3v) is 4.81. The van der Waals surface area contributed by atoms with Gasteiger partial charge >= 0.3 is 0 Å². The molecule has 2 nitrogen and oxygen atoms in total. The van der Waals surface area contributed by atoms with Gasteiger partial charge in [-0.25, -0.2) is 0 Å². The molecule has 2 aliphatic rings. The van der Waals surface area contributed by atoms with Crippen LogP contribution >= 0.6 is 0 Å². The lowest BCUT2D eigenvalue weighted by atomic mass is 9.88. The van der Waals surface area contributed by atoms with Crippen molar-refractivity contribution in [3.8, 4) is 0 Å². The quantitative estimate of drug-likeness (QED) is 0.808. The number of piperidine rings is 1. The second-order valence-electron chi connectivity index (χ2n) is 5.87. The van der Waals surface area contributed by atoms with Gasteiger partial charge in [0.2, 0.25) is 0 Å². The Labute approximate surface area is 108 Å². The molecule has 18 heavy (non-hydrogen) atoms. The monoisotopic (exact) mass is 240 g/mol. The second kappa shape index (κ2) is 4.13. The normalized spacial score (nSPS) is 28.7. The SMILES string of the molecule is c1ccc2[nH]c(C3CCN4CCCC4C3)cc2c1. The zero-order chi connectivity index (χ0) is 11.9. The van der Waals surface area contributed by atoms with Crippen molar-refractivity contribution < 1.29 is 0 Å². The summed E-state index contributed by atoms with van der Waals surface area (Å²) in [5, 5.41) is 1.36. The molecule has 4 rings (SSSR count). The van der Waals surface area contributed by atoms with Crippen LogP contribution < -0.4 is 0 Å². The van der Waals surface area contributed by atoms with E-state index in [4.69, 9.17) is 0 Å². The number of fused-ring (bicyclic) bond motifs is 2. The molecular formula is C16H20N2. The van der Waals surface area contributed by atoms with E-state index in [2.05, 4.69) is 40.2 Å². The van der Waals surface area contributed by atoms with E-state index in [0.717, 1.165) is 12.0 Å². The number of hydrogen-bond acceptors (Lipinski definition) is 1. The van der Waals surface area contributed by atoms with Gasteiger partial charge < -0.3 is 9.88 Å². The molecule has 1 aromatic carbocycles. The number of H-pyrrole nitrogens is 1. The van der Waals surface area contributed by atoms with E-state index < -0.39 is 0 Å². The molecule has 0 spiro atoms. The highest BCUT2D eigenvalue weighted by Crippen LogP contribution is 2.36. The van der Waals surface area contributed by atoms with Crippen LogP contribution in [0.4, 0.5) is 0 Å². The highest BCUT2D eigenvalue weighted by molar-refractivity contribution is 5.80. The number of hydrogen-bond donors (Lipinski definition) is 1. The van der Waals surface area contributed by atoms with Gasteiger partial charge in [-0.05, 0) is 56.3 Å². The predicted octanol–water partition coefficient (Wildman–Crippen LogP) is 3.51. The fraction of sp³-hybridized carbons (Fsp3) is 0.500. The Morgan fingerprint density at radius 2 is 2.06 bits per heavy atom. The van der Waals surface area contributed by atoms with Crippen LogP contribution in [-0.4, -0.2) is 29.0 Å². The van der Waals surface area contributed by atoms with Crippen LogP contribution in [0.3, 0.4) is 0 Å². The van der Waals surface area contributed by atoms with Crippen molar-refractivity contribution in [3.05, 3.63) is 36.0 Å². The summed E-state index contributed by atoms with van der Waals surface area (Å²) < 4.78 is 0. The number of aromatic nitrogens is 1. The predicted molar refractivity (Wildman–Crippen MR) is 74.9 cm³/mol. The Morgan fingerprint density at radius 3 is 3.00 bits per heavy atom. The lowest BCUT2D eigenvalue weighted by Gasteiger charge is -2.34. The number of aromatic amines is 1. The minimum Gasteiger partial charge on any atom is -0.358 e. The lowest BCUT2D eigenvalue weighted by Crippen LogP contribution is -2.37. The summed E-state index contributed by atoms with van der Waals surface area (Å²) in [4.78, 5) is 6.32. The maximum absolute atomic E-state index is 3.63. The molecule has 2 saturated heterocycles. The summed E-state index contributed by atoms with van der Waals surface area (Å²) in [5.41, 5.74) is 2.75. The van der Waals surface area contributed by atoms with E-state index in [-0.39, 0.29) is 0 Å². The van der Waals surface area contributed by atoms with E-state index in [1.165, 1.54) is 55.4 Å². The first kappa shape index (κ1) is 10.6. The fourth-order valence-corrected chi connectivity index (χ4v) is 3.82. The number of para-hydroxylation sites is 1. The molecular weight excluding hydrogens is 220 g/mol. The first-order valence-corrected chi connectivity index (χ1v) is 7.22. The Morgan fingerprint density at radius 1 is 1.11 bits per heavy atom. The molecule has 0 amide bonds. The number of nitrogens with zero attached hydrogens (tertiary/aromatic N) is 1. The van der Waals surface area contributed by atoms with Gasteiger partial charge in [-0.15, -0.1) is 0 Å². The molecule has 2 fully saturated rings. The molecule has 0 aliphatic carbocycles. The smallest absolute Gasteiger partial charge is 0.0456 e. The topological polar surface area (TPSA) is 19.0 Å². The Kier molecular flexibility index (Phi) is 2.44. The van der Waals surface area contributed by atoms with Crippen molar-refractivity contribution in [1.29, 1.82) is 0 Å². The van der Waals surface area contributed by atoms with Gasteiger partial charge in [0.05, 0.1) is 0 Å². The molecule has 3 heterocycles. The Hall–Kier alpha value is -1.28. The summed E-state index contributed by atoms with van der Waals surface area (Å²) in [6, 6.07) is 11.9. The average molecular weight is 240 g/mol. The first-order chi connectivity index (χ1) is 8.90. The van der Waals surface area contributed by atoms with Crippen molar-refractivity contribution in [2.45, 2.75) is 37.6 Å². The molecule has 2 aromatic rings. The summed E-state index contributed by atoms with van der Waals surface area (Å²) in [7, 11) is 0. The number of nitrogens with one attached hydrogen (secondary N) is 1. The van der Waals surface area contributed by atoms with Gasteiger partial charge in [0.25, 0.3) is 0 Å². The molecule has 0 saturated carbocycles. The zero-order valence-corrected chi connectivity index (χ0v) is 10.7. The van der Waals surface area contributed by atoms with Gasteiger partial charge in [0.15, 0.2) is 0 Å². The van der Waals surface area contributed by atoms with Crippen LogP contribution in [0.2, 0.25) is 0 Å². The molecule has 1 N–H and O–H groups in total. The average Bonchev–Trinajstić information content (AvgIpc) is 3.04. The highest BCUT2D eigenvalue weighted by Gasteiger charge is 2.32. The lowest BCUT2D eigenvalue weighted by molar-refractivity contribution is 0.180. The summed E-state index contributed by atoms with van der Waals surface area (Å²) >= 11 is 0. The van der Waals surface area contributed by atoms with E-state index >= 15 is 0 Å². The highest BCUT2D eigenvalue weighted by atomic mass is 15.2. The Balaban J connectivity index is 1.62. The third-order valence-electron chi connectivity index (χ3n) is 4.81. The summed E-state index contributed by atoms with van der Waals surface area (Å²) in [5.74, 6) is 0.747. The van der Waals surface area contributed by atoms with E-state index in [1.807, 2.05) is 0 Å². The minimum atomic E-state index is 0.747. The van der Waals surface area contributed by atoms with Gasteiger partial charge in [-0.2, -0.15) is 0 Å². The molecule has 0 radical (unpaired) electrons. The maximum atomic E-state index is 3.63. The van der Waals surface area contributed by atoms with Gasteiger partial charge in [0, 0.05) is 23.2 Å². The van der Waals surface area contributed by atoms with E-state index in [1.54, 1.807) is 0 Å². The van der Waals surface area contributed by atoms with Gasteiger partial charge in [0.1, 0.15) is 0 Å². The van der Waals surface area contributed by atoms with E-state index in [0.29, 0.717) is 0 Å². The second-order valence-corrected chi connectivity index (χ2v) is 5.87. The van der Waals surface area contributed by atoms with Crippen LogP contribution in [-0.2, 0) is 0 Å². The number of rotatable bonds is 1. The molecule has 2 aliphatic heterocycles. The minimum absolute atomic E-state index is 0.747. The largest absolute Gasteiger partial charge is 0.358 e. The van der Waals surface area contributed by atoms with Gasteiger partial charge in [-0.3, -0.25) is 0 Å². The number of benzene rings is 1. The summed E-state index contributed by atoms with van der Waals surface area (Å²) in [6.45, 7) is 2.63. The first-order valence-electron chi connectivity index (χ1n) is 7.22. The molecule has 0 bridgehead atoms. The van der Waals surface area contributed by atoms with Crippen molar-refractivity contribution in [2.75, 3.05) is 13.1 Å². The van der Waals surface area contributed by atoms with Crippen LogP contribution in [0.25, 0.3) is 10.9 Å². The molecule has 2 heteroatoms. The molecule has 1 aromatic heterocycles. The van der Waals surface area contributed by atoms with Crippen LogP contribution in [0.15, 0.2) is 30.3 Å². The third kappa shape index (κ3) is 1.67. The standard InChI is InChI=1S/C16H20N2/c1-2-6-15-12(4-1)11-16(17-15)13-7-9-18-8-3-5-14(18)10-13/h1-2,4,6,11,13-14,17H,3,5,7-10H2. The van der Waals surface area contributed by atoms with E-state index in [9.17, 15) is 0 Å². The van der Waals surface area contributed by atoms with Crippen molar-refractivity contribution in [1.82, 2.24) is 9.88 Å². The molecule has 2 atom stereocenters. The fourth-order valence-electron chi connectivity index (χ4n) is 3.82. The van der Waals surface area contributed by atoms with Crippen molar-refractivity contribution in [3.63, 3.8) is 0 Å². The van der Waals surface area contributed by atoms with Gasteiger partial charge in [-0.1, -0.05) is 18.2 Å². The summed E-state index contributed by atoms with van der Waals surface area (Å²) in [6.07, 6.45) is 5.50. The zero-order valence-electron chi connectivity index (χ0n) is 10.7. The molecule has 94 valence electrons.